The number of carbonyl (C=O) groups is 2. The van der Waals surface area contributed by atoms with Gasteiger partial charge in [0, 0.05) is 18.0 Å². The maximum Gasteiger partial charge on any atom is 0.234 e. The first-order chi connectivity index (χ1) is 14.0. The van der Waals surface area contributed by atoms with Crippen LogP contribution in [0.3, 0.4) is 0 Å². The van der Waals surface area contributed by atoms with E-state index in [-0.39, 0.29) is 29.9 Å². The zero-order valence-corrected chi connectivity index (χ0v) is 17.0. The van der Waals surface area contributed by atoms with Gasteiger partial charge in [0.1, 0.15) is 5.75 Å². The molecule has 2 aromatic carbocycles. The fraction of sp³-hybridized carbons (Fsp3) is 0.227. The number of methoxy groups -OCH3 is 1. The number of carbonyl (C=O) groups excluding carboxylic acids is 2. The number of allylic oxidation sites excluding steroid dienone is 1. The second-order valence-electron chi connectivity index (χ2n) is 6.64. The molecular weight excluding hydrogens is 386 g/mol. The molecule has 0 bridgehead atoms. The molecule has 0 aromatic heterocycles. The van der Waals surface area contributed by atoms with Crippen LogP contribution in [0.25, 0.3) is 0 Å². The molecule has 0 saturated carbocycles. The summed E-state index contributed by atoms with van der Waals surface area (Å²) in [4.78, 5) is 24.5. The highest BCUT2D eigenvalue weighted by molar-refractivity contribution is 8.03. The third-order valence-corrected chi connectivity index (χ3v) is 5.57. The molecule has 2 amide bonds. The van der Waals surface area contributed by atoms with Crippen molar-refractivity contribution >= 4 is 29.3 Å². The van der Waals surface area contributed by atoms with Crippen LogP contribution in [0.4, 0.5) is 5.69 Å². The van der Waals surface area contributed by atoms with Crippen molar-refractivity contribution in [3.63, 3.8) is 0 Å². The summed E-state index contributed by atoms with van der Waals surface area (Å²) in [5.41, 5.74) is 3.14. The molecule has 3 rings (SSSR count). The van der Waals surface area contributed by atoms with Crippen LogP contribution in [-0.4, -0.2) is 24.7 Å². The summed E-state index contributed by atoms with van der Waals surface area (Å²) in [7, 11) is 1.58. The van der Waals surface area contributed by atoms with Crippen molar-refractivity contribution in [2.45, 2.75) is 19.3 Å². The summed E-state index contributed by atoms with van der Waals surface area (Å²) in [5.74, 6) is 0.0706. The quantitative estimate of drug-likeness (QED) is 0.762. The van der Waals surface area contributed by atoms with Gasteiger partial charge in [0.2, 0.25) is 11.8 Å². The molecule has 6 nitrogen and oxygen atoms in total. The number of rotatable bonds is 6. The van der Waals surface area contributed by atoms with Crippen LogP contribution in [-0.2, 0) is 9.59 Å². The molecule has 1 atom stereocenters. The molecule has 148 valence electrons. The molecule has 0 unspecified atom stereocenters. The summed E-state index contributed by atoms with van der Waals surface area (Å²) in [6, 6.07) is 17.0. The van der Waals surface area contributed by atoms with E-state index in [1.807, 2.05) is 43.3 Å². The molecule has 0 aliphatic carbocycles. The molecule has 1 aliphatic rings. The van der Waals surface area contributed by atoms with Crippen molar-refractivity contribution in [2.75, 3.05) is 18.2 Å². The number of thioether (sulfide) groups is 1. The molecule has 0 spiro atoms. The summed E-state index contributed by atoms with van der Waals surface area (Å²) in [6.45, 7) is 1.97. The lowest BCUT2D eigenvalue weighted by atomic mass is 9.87. The average molecular weight is 407 g/mol. The van der Waals surface area contributed by atoms with E-state index in [2.05, 4.69) is 16.7 Å². The number of amides is 2. The van der Waals surface area contributed by atoms with Crippen molar-refractivity contribution in [3.8, 4) is 11.8 Å². The Balaban J connectivity index is 1.73. The van der Waals surface area contributed by atoms with Crippen LogP contribution in [0.5, 0.6) is 5.75 Å². The third kappa shape index (κ3) is 5.18. The number of aryl methyl sites for hydroxylation is 1. The number of benzene rings is 2. The van der Waals surface area contributed by atoms with Gasteiger partial charge in [0.15, 0.2) is 0 Å². The smallest absolute Gasteiger partial charge is 0.234 e. The van der Waals surface area contributed by atoms with Gasteiger partial charge in [-0.2, -0.15) is 5.26 Å². The Morgan fingerprint density at radius 1 is 1.24 bits per heavy atom. The van der Waals surface area contributed by atoms with Gasteiger partial charge in [-0.25, -0.2) is 0 Å². The maximum absolute atomic E-state index is 12.3. The average Bonchev–Trinajstić information content (AvgIpc) is 2.73. The second kappa shape index (κ2) is 9.30. The Labute approximate surface area is 173 Å². The largest absolute Gasteiger partial charge is 0.497 e. The van der Waals surface area contributed by atoms with Gasteiger partial charge in [0.25, 0.3) is 0 Å². The van der Waals surface area contributed by atoms with Gasteiger partial charge >= 0.3 is 0 Å². The van der Waals surface area contributed by atoms with Crippen molar-refractivity contribution < 1.29 is 14.3 Å². The predicted octanol–water partition coefficient (Wildman–Crippen LogP) is 3.71. The van der Waals surface area contributed by atoms with Gasteiger partial charge < -0.3 is 15.4 Å². The summed E-state index contributed by atoms with van der Waals surface area (Å²) >= 11 is 1.16. The Kier molecular flexibility index (Phi) is 6.57. The lowest BCUT2D eigenvalue weighted by molar-refractivity contribution is -0.121. The number of ether oxygens (including phenoxy) is 1. The Bertz CT molecular complexity index is 976. The topological polar surface area (TPSA) is 91.2 Å². The first-order valence-corrected chi connectivity index (χ1v) is 10.1. The van der Waals surface area contributed by atoms with Crippen molar-refractivity contribution in [3.05, 3.63) is 70.3 Å². The lowest BCUT2D eigenvalue weighted by Crippen LogP contribution is -2.31. The number of nitriles is 1. The number of hydrogen-bond acceptors (Lipinski definition) is 5. The number of anilines is 1. The van der Waals surface area contributed by atoms with Crippen LogP contribution >= 0.6 is 11.8 Å². The molecular formula is C22H21N3O3S. The fourth-order valence-electron chi connectivity index (χ4n) is 3.03. The van der Waals surface area contributed by atoms with E-state index in [4.69, 9.17) is 4.74 Å². The number of nitrogens with zero attached hydrogens (tertiary/aromatic N) is 1. The summed E-state index contributed by atoms with van der Waals surface area (Å²) < 4.78 is 5.17. The van der Waals surface area contributed by atoms with Crippen LogP contribution in [0, 0.1) is 18.3 Å². The van der Waals surface area contributed by atoms with E-state index in [1.54, 1.807) is 19.2 Å². The maximum atomic E-state index is 12.3. The third-order valence-electron chi connectivity index (χ3n) is 4.56. The van der Waals surface area contributed by atoms with Crippen molar-refractivity contribution in [1.29, 1.82) is 5.26 Å². The Hall–Kier alpha value is -3.24. The fourth-order valence-corrected chi connectivity index (χ4v) is 3.90. The predicted molar refractivity (Wildman–Crippen MR) is 113 cm³/mol. The molecule has 0 saturated heterocycles. The highest BCUT2D eigenvalue weighted by Gasteiger charge is 2.29. The van der Waals surface area contributed by atoms with E-state index in [1.165, 1.54) is 0 Å². The highest BCUT2D eigenvalue weighted by Crippen LogP contribution is 2.36. The van der Waals surface area contributed by atoms with Gasteiger partial charge in [0.05, 0.1) is 29.5 Å². The van der Waals surface area contributed by atoms with E-state index >= 15 is 0 Å². The van der Waals surface area contributed by atoms with Gasteiger partial charge in [-0.1, -0.05) is 41.6 Å². The van der Waals surface area contributed by atoms with Crippen molar-refractivity contribution in [1.82, 2.24) is 5.32 Å². The monoisotopic (exact) mass is 407 g/mol. The zero-order chi connectivity index (χ0) is 20.8. The van der Waals surface area contributed by atoms with Crippen LogP contribution in [0.2, 0.25) is 0 Å². The Morgan fingerprint density at radius 3 is 2.55 bits per heavy atom. The molecule has 2 aromatic rings. The van der Waals surface area contributed by atoms with Crippen LogP contribution in [0.15, 0.2) is 59.1 Å². The molecule has 1 heterocycles. The van der Waals surface area contributed by atoms with Crippen LogP contribution in [0.1, 0.15) is 23.5 Å². The molecule has 29 heavy (non-hydrogen) atoms. The van der Waals surface area contributed by atoms with E-state index < -0.39 is 0 Å². The Morgan fingerprint density at radius 2 is 1.93 bits per heavy atom. The minimum atomic E-state index is -0.345. The minimum Gasteiger partial charge on any atom is -0.497 e. The van der Waals surface area contributed by atoms with E-state index in [9.17, 15) is 14.9 Å². The highest BCUT2D eigenvalue weighted by atomic mass is 32.2. The molecule has 0 radical (unpaired) electrons. The first kappa shape index (κ1) is 20.5. The van der Waals surface area contributed by atoms with Crippen molar-refractivity contribution in [2.24, 2.45) is 0 Å². The van der Waals surface area contributed by atoms with E-state index in [0.29, 0.717) is 22.0 Å². The van der Waals surface area contributed by atoms with Gasteiger partial charge in [-0.15, -0.1) is 0 Å². The number of nitrogens with one attached hydrogen (secondary N) is 2. The molecule has 0 fully saturated rings. The summed E-state index contributed by atoms with van der Waals surface area (Å²) in [6.07, 6.45) is 0.189. The minimum absolute atomic E-state index is 0.0873. The van der Waals surface area contributed by atoms with E-state index in [0.717, 1.165) is 22.9 Å². The molecule has 1 aliphatic heterocycles. The number of hydrogen-bond donors (Lipinski definition) is 2. The zero-order valence-electron chi connectivity index (χ0n) is 16.2. The normalized spacial score (nSPS) is 16.0. The molecule has 7 heteroatoms. The SMILES string of the molecule is COc1ccc([C@@H]2CC(=O)NC(SCC(=O)Nc3ccc(C)cc3)=C2C#N)cc1. The molecule has 2 N–H and O–H groups in total. The second-order valence-corrected chi connectivity index (χ2v) is 7.62. The van der Waals surface area contributed by atoms with Gasteiger partial charge in [-0.3, -0.25) is 9.59 Å². The van der Waals surface area contributed by atoms with Gasteiger partial charge in [-0.05, 0) is 36.8 Å². The summed E-state index contributed by atoms with van der Waals surface area (Å²) in [5, 5.41) is 15.7. The first-order valence-electron chi connectivity index (χ1n) is 9.07. The standard InChI is InChI=1S/C22H21N3O3S/c1-14-3-7-16(8-4-14)24-21(27)13-29-22-19(12-23)18(11-20(26)25-22)15-5-9-17(28-2)10-6-15/h3-10,18H,11,13H2,1-2H3,(H,24,27)(H,25,26)/t18-/m0/s1. The van der Waals surface area contributed by atoms with Crippen LogP contribution < -0.4 is 15.4 Å². The lowest BCUT2D eigenvalue weighted by Gasteiger charge is -2.25.